The van der Waals surface area contributed by atoms with Crippen molar-refractivity contribution in [1.82, 2.24) is 10.2 Å². The number of benzene rings is 2. The van der Waals surface area contributed by atoms with Crippen LogP contribution in [-0.4, -0.2) is 60.0 Å². The van der Waals surface area contributed by atoms with E-state index in [2.05, 4.69) is 11.9 Å². The third-order valence-corrected chi connectivity index (χ3v) is 5.80. The van der Waals surface area contributed by atoms with Crippen LogP contribution < -0.4 is 5.32 Å². The van der Waals surface area contributed by atoms with E-state index in [1.165, 1.54) is 6.08 Å². The Morgan fingerprint density at radius 2 is 1.73 bits per heavy atom. The van der Waals surface area contributed by atoms with Crippen LogP contribution in [0.4, 0.5) is 9.59 Å². The molecule has 0 radical (unpaired) electrons. The standard InChI is InChI=1S/C24H24N2O7/c1-2-11-31-23(29)25-15-12-21(22(27)28)26(13-15)24(30)33-32-14-20-18-9-5-3-7-16(18)17-8-4-6-10-19(17)20/h2-10,15,20-21H,1,11-14H2,(H,25,29)(H,27,28)/t15-,21+/m0/s1. The predicted octanol–water partition coefficient (Wildman–Crippen LogP) is 3.31. The molecule has 1 heterocycles. The van der Waals surface area contributed by atoms with Gasteiger partial charge >= 0.3 is 18.2 Å². The molecule has 0 aromatic heterocycles. The number of carbonyl (C=O) groups is 3. The van der Waals surface area contributed by atoms with Gasteiger partial charge in [0.2, 0.25) is 0 Å². The van der Waals surface area contributed by atoms with E-state index >= 15 is 0 Å². The Balaban J connectivity index is 1.37. The van der Waals surface area contributed by atoms with Gasteiger partial charge in [-0.05, 0) is 22.3 Å². The lowest BCUT2D eigenvalue weighted by Crippen LogP contribution is -2.42. The molecule has 2 atom stereocenters. The molecule has 2 N–H and O–H groups in total. The van der Waals surface area contributed by atoms with Crippen molar-refractivity contribution in [3.8, 4) is 11.1 Å². The van der Waals surface area contributed by atoms with Crippen molar-refractivity contribution < 1.29 is 34.0 Å². The molecule has 2 aliphatic rings. The van der Waals surface area contributed by atoms with Crippen molar-refractivity contribution in [2.24, 2.45) is 0 Å². The number of carbonyl (C=O) groups excluding carboxylic acids is 2. The summed E-state index contributed by atoms with van der Waals surface area (Å²) in [5, 5.41) is 12.0. The molecule has 9 heteroatoms. The van der Waals surface area contributed by atoms with Crippen molar-refractivity contribution in [1.29, 1.82) is 0 Å². The number of amides is 2. The maximum Gasteiger partial charge on any atom is 0.442 e. The van der Waals surface area contributed by atoms with Gasteiger partial charge in [-0.3, -0.25) is 9.79 Å². The summed E-state index contributed by atoms with van der Waals surface area (Å²) >= 11 is 0. The third kappa shape index (κ3) is 4.68. The highest BCUT2D eigenvalue weighted by atomic mass is 17.2. The number of fused-ring (bicyclic) bond motifs is 3. The summed E-state index contributed by atoms with van der Waals surface area (Å²) in [7, 11) is 0. The number of alkyl carbamates (subject to hydrolysis) is 1. The first-order chi connectivity index (χ1) is 16.0. The lowest BCUT2D eigenvalue weighted by Gasteiger charge is -2.20. The molecule has 2 amide bonds. The fourth-order valence-corrected chi connectivity index (χ4v) is 4.36. The highest BCUT2D eigenvalue weighted by molar-refractivity contribution is 5.81. The number of hydrogen-bond donors (Lipinski definition) is 2. The lowest BCUT2D eigenvalue weighted by molar-refractivity contribution is -0.247. The van der Waals surface area contributed by atoms with Crippen molar-refractivity contribution in [3.63, 3.8) is 0 Å². The number of hydrogen-bond acceptors (Lipinski definition) is 6. The fourth-order valence-electron chi connectivity index (χ4n) is 4.36. The van der Waals surface area contributed by atoms with E-state index in [4.69, 9.17) is 14.5 Å². The number of carboxylic acid groups (broad SMARTS) is 1. The van der Waals surface area contributed by atoms with Gasteiger partial charge in [0.1, 0.15) is 19.3 Å². The number of nitrogens with zero attached hydrogens (tertiary/aromatic N) is 1. The molecule has 2 aromatic carbocycles. The Labute approximate surface area is 190 Å². The molecule has 0 saturated carbocycles. The normalized spacial score (nSPS) is 18.8. The SMILES string of the molecule is C=CCOC(=O)N[C@H]1C[C@H](C(=O)O)N(C(=O)OOCC2c3ccccc3-c3ccccc32)C1. The van der Waals surface area contributed by atoms with Gasteiger partial charge in [0, 0.05) is 18.9 Å². The molecule has 4 rings (SSSR count). The highest BCUT2D eigenvalue weighted by Gasteiger charge is 2.42. The van der Waals surface area contributed by atoms with Crippen LogP contribution in [-0.2, 0) is 19.3 Å². The van der Waals surface area contributed by atoms with Crippen molar-refractivity contribution in [2.45, 2.75) is 24.4 Å². The number of nitrogens with one attached hydrogen (secondary N) is 1. The number of ether oxygens (including phenoxy) is 1. The van der Waals surface area contributed by atoms with E-state index in [9.17, 15) is 19.5 Å². The van der Waals surface area contributed by atoms with Gasteiger partial charge in [-0.15, -0.1) is 0 Å². The number of likely N-dealkylation sites (tertiary alicyclic amines) is 1. The van der Waals surface area contributed by atoms with Crippen LogP contribution >= 0.6 is 0 Å². The molecule has 2 aromatic rings. The van der Waals surface area contributed by atoms with E-state index in [-0.39, 0.29) is 32.1 Å². The van der Waals surface area contributed by atoms with E-state index in [0.29, 0.717) is 0 Å². The molecule has 1 fully saturated rings. The average molecular weight is 452 g/mol. The lowest BCUT2D eigenvalue weighted by atomic mass is 9.98. The molecule has 0 bridgehead atoms. The second kappa shape index (κ2) is 9.74. The first kappa shape index (κ1) is 22.3. The summed E-state index contributed by atoms with van der Waals surface area (Å²) in [6.45, 7) is 3.51. The minimum Gasteiger partial charge on any atom is -0.480 e. The summed E-state index contributed by atoms with van der Waals surface area (Å²) in [5.74, 6) is -1.32. The second-order valence-corrected chi connectivity index (χ2v) is 7.83. The molecular formula is C24H24N2O7. The molecule has 9 nitrogen and oxygen atoms in total. The molecular weight excluding hydrogens is 428 g/mol. The first-order valence-electron chi connectivity index (χ1n) is 10.5. The summed E-state index contributed by atoms with van der Waals surface area (Å²) in [6, 6.07) is 14.2. The Kier molecular flexibility index (Phi) is 6.60. The summed E-state index contributed by atoms with van der Waals surface area (Å²) in [4.78, 5) is 47.3. The Morgan fingerprint density at radius 3 is 2.33 bits per heavy atom. The third-order valence-electron chi connectivity index (χ3n) is 5.80. The zero-order chi connectivity index (χ0) is 23.4. The summed E-state index contributed by atoms with van der Waals surface area (Å²) in [6.07, 6.45) is -0.201. The summed E-state index contributed by atoms with van der Waals surface area (Å²) in [5.41, 5.74) is 4.36. The average Bonchev–Trinajstić information content (AvgIpc) is 3.38. The highest BCUT2D eigenvalue weighted by Crippen LogP contribution is 2.44. The van der Waals surface area contributed by atoms with Crippen LogP contribution in [0.25, 0.3) is 11.1 Å². The minimum atomic E-state index is -1.20. The Hall–Kier alpha value is -3.85. The van der Waals surface area contributed by atoms with Crippen LogP contribution in [0, 0.1) is 0 Å². The molecule has 172 valence electrons. The van der Waals surface area contributed by atoms with Crippen molar-refractivity contribution in [2.75, 3.05) is 19.8 Å². The molecule has 0 unspecified atom stereocenters. The zero-order valence-electron chi connectivity index (χ0n) is 17.8. The maximum absolute atomic E-state index is 12.6. The van der Waals surface area contributed by atoms with Gasteiger partial charge in [-0.1, -0.05) is 61.2 Å². The molecule has 1 saturated heterocycles. The van der Waals surface area contributed by atoms with Crippen molar-refractivity contribution in [3.05, 3.63) is 72.3 Å². The monoisotopic (exact) mass is 452 g/mol. The second-order valence-electron chi connectivity index (χ2n) is 7.83. The largest absolute Gasteiger partial charge is 0.480 e. The van der Waals surface area contributed by atoms with Crippen LogP contribution in [0.5, 0.6) is 0 Å². The van der Waals surface area contributed by atoms with E-state index in [1.54, 1.807) is 0 Å². The predicted molar refractivity (Wildman–Crippen MR) is 117 cm³/mol. The Morgan fingerprint density at radius 1 is 1.09 bits per heavy atom. The number of aliphatic carboxylic acids is 1. The quantitative estimate of drug-likeness (QED) is 0.376. The smallest absolute Gasteiger partial charge is 0.442 e. The van der Waals surface area contributed by atoms with Gasteiger partial charge in [0.15, 0.2) is 0 Å². The van der Waals surface area contributed by atoms with Gasteiger partial charge in [-0.25, -0.2) is 14.4 Å². The fraction of sp³-hybridized carbons (Fsp3) is 0.292. The molecule has 0 spiro atoms. The maximum atomic E-state index is 12.6. The van der Waals surface area contributed by atoms with Crippen LogP contribution in [0.1, 0.15) is 23.5 Å². The van der Waals surface area contributed by atoms with E-state index in [0.717, 1.165) is 27.2 Å². The van der Waals surface area contributed by atoms with Crippen molar-refractivity contribution >= 4 is 18.2 Å². The van der Waals surface area contributed by atoms with Crippen LogP contribution in [0.15, 0.2) is 61.2 Å². The molecule has 1 aliphatic heterocycles. The van der Waals surface area contributed by atoms with Gasteiger partial charge < -0.3 is 15.2 Å². The van der Waals surface area contributed by atoms with E-state index < -0.39 is 30.2 Å². The zero-order valence-corrected chi connectivity index (χ0v) is 17.8. The van der Waals surface area contributed by atoms with Gasteiger partial charge in [-0.2, -0.15) is 4.89 Å². The van der Waals surface area contributed by atoms with Crippen LogP contribution in [0.3, 0.4) is 0 Å². The number of rotatable bonds is 7. The van der Waals surface area contributed by atoms with Gasteiger partial charge in [0.05, 0.1) is 6.04 Å². The van der Waals surface area contributed by atoms with E-state index in [1.807, 2.05) is 48.5 Å². The molecule has 1 aliphatic carbocycles. The number of carboxylic acids is 1. The minimum absolute atomic E-state index is 0.0218. The topological polar surface area (TPSA) is 114 Å². The summed E-state index contributed by atoms with van der Waals surface area (Å²) < 4.78 is 4.85. The van der Waals surface area contributed by atoms with Gasteiger partial charge in [0.25, 0.3) is 0 Å². The molecule has 33 heavy (non-hydrogen) atoms. The first-order valence-corrected chi connectivity index (χ1v) is 10.5. The van der Waals surface area contributed by atoms with Crippen LogP contribution in [0.2, 0.25) is 0 Å². The Bertz CT molecular complexity index is 1020.